The molecule has 0 fully saturated rings. The molecule has 9 nitrogen and oxygen atoms in total. The summed E-state index contributed by atoms with van der Waals surface area (Å²) in [6, 6.07) is 0. The van der Waals surface area contributed by atoms with Crippen molar-refractivity contribution in [3.8, 4) is 23.0 Å². The molecule has 9 heteroatoms. The number of ether oxygens (including phenoxy) is 5. The smallest absolute Gasteiger partial charge is 0.356 e. The SMILES string of the molecule is CCOC(=O)C1=NOC(Cc2c(C=O)c3c(c(OC)c2OC)OCO3)C1. The number of rotatable bonds is 7. The molecule has 1 unspecified atom stereocenters. The van der Waals surface area contributed by atoms with E-state index in [0.29, 0.717) is 40.4 Å². The van der Waals surface area contributed by atoms with Crippen molar-refractivity contribution in [1.29, 1.82) is 0 Å². The third-order valence-corrected chi connectivity index (χ3v) is 4.07. The number of esters is 1. The second-order valence-electron chi connectivity index (χ2n) is 5.54. The zero-order valence-corrected chi connectivity index (χ0v) is 14.7. The second-order valence-corrected chi connectivity index (χ2v) is 5.54. The number of fused-ring (bicyclic) bond motifs is 1. The first-order valence-electron chi connectivity index (χ1n) is 8.05. The number of aldehydes is 1. The molecule has 0 aromatic heterocycles. The first-order chi connectivity index (χ1) is 12.6. The van der Waals surface area contributed by atoms with E-state index in [1.165, 1.54) is 14.2 Å². The fourth-order valence-electron chi connectivity index (χ4n) is 2.98. The lowest BCUT2D eigenvalue weighted by atomic mass is 9.96. The van der Waals surface area contributed by atoms with Gasteiger partial charge in [-0.1, -0.05) is 5.16 Å². The Kier molecular flexibility index (Phi) is 5.15. The van der Waals surface area contributed by atoms with Crippen LogP contribution < -0.4 is 18.9 Å². The van der Waals surface area contributed by atoms with E-state index < -0.39 is 12.1 Å². The maximum Gasteiger partial charge on any atom is 0.356 e. The summed E-state index contributed by atoms with van der Waals surface area (Å²) in [5.74, 6) is 0.807. The van der Waals surface area contributed by atoms with E-state index in [0.717, 1.165) is 0 Å². The highest BCUT2D eigenvalue weighted by atomic mass is 16.7. The van der Waals surface area contributed by atoms with Crippen LogP contribution in [0.25, 0.3) is 0 Å². The number of hydrogen-bond acceptors (Lipinski definition) is 9. The largest absolute Gasteiger partial charge is 0.492 e. The molecule has 0 aliphatic carbocycles. The molecule has 1 aromatic carbocycles. The summed E-state index contributed by atoms with van der Waals surface area (Å²) >= 11 is 0. The summed E-state index contributed by atoms with van der Waals surface area (Å²) in [7, 11) is 2.94. The third-order valence-electron chi connectivity index (χ3n) is 4.07. The monoisotopic (exact) mass is 365 g/mol. The van der Waals surface area contributed by atoms with Crippen LogP contribution in [0.1, 0.15) is 29.3 Å². The molecule has 0 saturated carbocycles. The van der Waals surface area contributed by atoms with Gasteiger partial charge in [-0.05, 0) is 6.92 Å². The topological polar surface area (TPSA) is 102 Å². The van der Waals surface area contributed by atoms with E-state index in [1.807, 2.05) is 0 Å². The lowest BCUT2D eigenvalue weighted by Gasteiger charge is -2.18. The Morgan fingerprint density at radius 1 is 1.23 bits per heavy atom. The Balaban J connectivity index is 1.91. The minimum absolute atomic E-state index is 0.0187. The Bertz CT molecular complexity index is 758. The van der Waals surface area contributed by atoms with Crippen molar-refractivity contribution < 1.29 is 38.1 Å². The molecule has 1 aromatic rings. The fourth-order valence-corrected chi connectivity index (χ4v) is 2.98. The second kappa shape index (κ2) is 7.51. The number of oxime groups is 1. The van der Waals surface area contributed by atoms with Crippen LogP contribution in [0.3, 0.4) is 0 Å². The Labute approximate surface area is 149 Å². The summed E-state index contributed by atoms with van der Waals surface area (Å²) in [6.45, 7) is 1.95. The summed E-state index contributed by atoms with van der Waals surface area (Å²) < 4.78 is 26.6. The molecule has 2 heterocycles. The molecular formula is C17H19NO8. The molecule has 2 aliphatic heterocycles. The quantitative estimate of drug-likeness (QED) is 0.529. The van der Waals surface area contributed by atoms with Gasteiger partial charge in [-0.25, -0.2) is 4.79 Å². The van der Waals surface area contributed by atoms with Gasteiger partial charge in [0.05, 0.1) is 26.4 Å². The highest BCUT2D eigenvalue weighted by Gasteiger charge is 2.34. The zero-order chi connectivity index (χ0) is 18.7. The van der Waals surface area contributed by atoms with Gasteiger partial charge in [-0.2, -0.15) is 0 Å². The zero-order valence-electron chi connectivity index (χ0n) is 14.7. The number of carbonyl (C=O) groups excluding carboxylic acids is 2. The molecule has 0 amide bonds. The van der Waals surface area contributed by atoms with Gasteiger partial charge in [0, 0.05) is 18.4 Å². The number of hydrogen-bond donors (Lipinski definition) is 0. The molecule has 3 rings (SSSR count). The lowest BCUT2D eigenvalue weighted by molar-refractivity contribution is -0.135. The van der Waals surface area contributed by atoms with E-state index in [2.05, 4.69) is 5.16 Å². The predicted octanol–water partition coefficient (Wildman–Crippen LogP) is 1.50. The summed E-state index contributed by atoms with van der Waals surface area (Å²) in [5, 5.41) is 3.78. The van der Waals surface area contributed by atoms with E-state index in [9.17, 15) is 9.59 Å². The van der Waals surface area contributed by atoms with Gasteiger partial charge in [0.25, 0.3) is 0 Å². The van der Waals surface area contributed by atoms with Gasteiger partial charge in [-0.3, -0.25) is 4.79 Å². The standard InChI is InChI=1S/C17H19NO8/c1-4-23-17(20)12-6-9(26-18-12)5-10-11(7-19)14-16(25-8-24-14)15(22-3)13(10)21-2/h7,9H,4-6,8H2,1-3H3. The highest BCUT2D eigenvalue weighted by Crippen LogP contribution is 2.51. The Morgan fingerprint density at radius 2 is 1.96 bits per heavy atom. The first kappa shape index (κ1) is 17.8. The van der Waals surface area contributed by atoms with Gasteiger partial charge in [0.15, 0.2) is 23.5 Å². The predicted molar refractivity (Wildman–Crippen MR) is 88.3 cm³/mol. The molecule has 26 heavy (non-hydrogen) atoms. The average Bonchev–Trinajstić information content (AvgIpc) is 3.30. The Morgan fingerprint density at radius 3 is 2.62 bits per heavy atom. The van der Waals surface area contributed by atoms with Crippen molar-refractivity contribution in [2.75, 3.05) is 27.6 Å². The molecular weight excluding hydrogens is 346 g/mol. The summed E-state index contributed by atoms with van der Waals surface area (Å²) in [5.41, 5.74) is 1.04. The van der Waals surface area contributed by atoms with E-state index in [1.54, 1.807) is 6.92 Å². The van der Waals surface area contributed by atoms with Crippen LogP contribution in [0.2, 0.25) is 0 Å². The molecule has 0 saturated heterocycles. The van der Waals surface area contributed by atoms with Crippen LogP contribution in [-0.4, -0.2) is 51.7 Å². The van der Waals surface area contributed by atoms with Crippen LogP contribution in [0.15, 0.2) is 5.16 Å². The van der Waals surface area contributed by atoms with Crippen LogP contribution >= 0.6 is 0 Å². The van der Waals surface area contributed by atoms with Crippen LogP contribution in [0, 0.1) is 0 Å². The fraction of sp³-hybridized carbons (Fsp3) is 0.471. The molecule has 140 valence electrons. The van der Waals surface area contributed by atoms with E-state index in [4.69, 9.17) is 28.5 Å². The number of benzene rings is 1. The summed E-state index contributed by atoms with van der Waals surface area (Å²) in [6.07, 6.45) is 0.743. The Hall–Kier alpha value is -2.97. The van der Waals surface area contributed by atoms with Crippen LogP contribution in [-0.2, 0) is 20.8 Å². The maximum absolute atomic E-state index is 11.8. The first-order valence-corrected chi connectivity index (χ1v) is 8.05. The normalized spacial score (nSPS) is 17.3. The van der Waals surface area contributed by atoms with Crippen molar-refractivity contribution in [1.82, 2.24) is 0 Å². The average molecular weight is 365 g/mol. The van der Waals surface area contributed by atoms with Crippen molar-refractivity contribution >= 4 is 18.0 Å². The molecule has 0 radical (unpaired) electrons. The summed E-state index contributed by atoms with van der Waals surface area (Å²) in [4.78, 5) is 28.8. The lowest BCUT2D eigenvalue weighted by Crippen LogP contribution is -2.20. The maximum atomic E-state index is 11.8. The van der Waals surface area contributed by atoms with Gasteiger partial charge in [0.2, 0.25) is 18.3 Å². The van der Waals surface area contributed by atoms with Gasteiger partial charge < -0.3 is 28.5 Å². The van der Waals surface area contributed by atoms with Crippen LogP contribution in [0.4, 0.5) is 0 Å². The van der Waals surface area contributed by atoms with Crippen molar-refractivity contribution in [2.24, 2.45) is 5.16 Å². The third kappa shape index (κ3) is 3.00. The van der Waals surface area contributed by atoms with Gasteiger partial charge in [-0.15, -0.1) is 0 Å². The minimum atomic E-state index is -0.513. The number of nitrogens with zero attached hydrogens (tertiary/aromatic N) is 1. The number of methoxy groups -OCH3 is 2. The van der Waals surface area contributed by atoms with Gasteiger partial charge in [0.1, 0.15) is 6.10 Å². The molecule has 0 spiro atoms. The molecule has 0 N–H and O–H groups in total. The van der Waals surface area contributed by atoms with Gasteiger partial charge >= 0.3 is 5.97 Å². The highest BCUT2D eigenvalue weighted by molar-refractivity contribution is 6.36. The van der Waals surface area contributed by atoms with Crippen molar-refractivity contribution in [3.05, 3.63) is 11.1 Å². The van der Waals surface area contributed by atoms with E-state index in [-0.39, 0.29) is 32.0 Å². The molecule has 1 atom stereocenters. The van der Waals surface area contributed by atoms with E-state index >= 15 is 0 Å². The molecule has 2 aliphatic rings. The molecule has 0 bridgehead atoms. The van der Waals surface area contributed by atoms with Crippen molar-refractivity contribution in [3.63, 3.8) is 0 Å². The van der Waals surface area contributed by atoms with Crippen LogP contribution in [0.5, 0.6) is 23.0 Å². The number of carbonyl (C=O) groups is 2. The van der Waals surface area contributed by atoms with Crippen molar-refractivity contribution in [2.45, 2.75) is 25.9 Å². The minimum Gasteiger partial charge on any atom is -0.492 e.